The first-order valence-corrected chi connectivity index (χ1v) is 12.1. The van der Waals surface area contributed by atoms with Crippen LogP contribution in [0.4, 0.5) is 0 Å². The van der Waals surface area contributed by atoms with E-state index in [1.165, 1.54) is 83.5 Å². The Morgan fingerprint density at radius 1 is 0.714 bits per heavy atom. The van der Waals surface area contributed by atoms with Crippen molar-refractivity contribution in [1.29, 1.82) is 0 Å². The predicted octanol–water partition coefficient (Wildman–Crippen LogP) is 6.26. The summed E-state index contributed by atoms with van der Waals surface area (Å²) in [7, 11) is 0. The molecule has 0 bridgehead atoms. The van der Waals surface area contributed by atoms with Crippen LogP contribution in [0.5, 0.6) is 0 Å². The number of unbranched alkanes of at least 4 members (excludes halogenated alkanes) is 14. The molecular formula is C24H48N2O2. The largest absolute Gasteiger partial charge is 0.368 e. The SMILES string of the molecule is CCCCCCCCCCCCCCCCCC(=O)N[C@H](C(N)=O)[C@@H](C)CC. The van der Waals surface area contributed by atoms with Gasteiger partial charge in [-0.3, -0.25) is 9.59 Å². The van der Waals surface area contributed by atoms with Gasteiger partial charge in [0.2, 0.25) is 11.8 Å². The van der Waals surface area contributed by atoms with Gasteiger partial charge in [0.05, 0.1) is 0 Å². The molecule has 0 aliphatic heterocycles. The van der Waals surface area contributed by atoms with E-state index in [4.69, 9.17) is 5.73 Å². The van der Waals surface area contributed by atoms with E-state index in [0.29, 0.717) is 6.42 Å². The lowest BCUT2D eigenvalue weighted by molar-refractivity contribution is -0.128. The highest BCUT2D eigenvalue weighted by Gasteiger charge is 2.23. The highest BCUT2D eigenvalue weighted by molar-refractivity contribution is 5.86. The highest BCUT2D eigenvalue weighted by Crippen LogP contribution is 2.14. The monoisotopic (exact) mass is 396 g/mol. The van der Waals surface area contributed by atoms with Gasteiger partial charge in [-0.15, -0.1) is 0 Å². The zero-order chi connectivity index (χ0) is 21.0. The third-order valence-electron chi connectivity index (χ3n) is 5.84. The summed E-state index contributed by atoms with van der Waals surface area (Å²) in [6, 6.07) is -0.533. The van der Waals surface area contributed by atoms with E-state index in [1.54, 1.807) is 0 Å². The number of nitrogens with one attached hydrogen (secondary N) is 1. The van der Waals surface area contributed by atoms with E-state index in [1.807, 2.05) is 13.8 Å². The van der Waals surface area contributed by atoms with Crippen molar-refractivity contribution in [3.05, 3.63) is 0 Å². The molecular weight excluding hydrogens is 348 g/mol. The minimum Gasteiger partial charge on any atom is -0.368 e. The van der Waals surface area contributed by atoms with E-state index in [9.17, 15) is 9.59 Å². The molecule has 2 atom stereocenters. The molecule has 0 aliphatic carbocycles. The van der Waals surface area contributed by atoms with E-state index in [-0.39, 0.29) is 11.8 Å². The van der Waals surface area contributed by atoms with E-state index < -0.39 is 11.9 Å². The van der Waals surface area contributed by atoms with Gasteiger partial charge in [-0.25, -0.2) is 0 Å². The minimum atomic E-state index is -0.533. The standard InChI is InChI=1S/C24H48N2O2/c1-4-6-7-8-9-10-11-12-13-14-15-16-17-18-19-20-22(27)26-23(24(25)28)21(3)5-2/h21,23H,4-20H2,1-3H3,(H2,25,28)(H,26,27)/t21-,23-/m0/s1. The second-order valence-electron chi connectivity index (χ2n) is 8.53. The Morgan fingerprint density at radius 2 is 1.11 bits per heavy atom. The van der Waals surface area contributed by atoms with Crippen LogP contribution in [0.2, 0.25) is 0 Å². The smallest absolute Gasteiger partial charge is 0.240 e. The Kier molecular flexibility index (Phi) is 18.5. The molecule has 0 unspecified atom stereocenters. The first kappa shape index (κ1) is 26.9. The molecule has 0 aromatic heterocycles. The van der Waals surface area contributed by atoms with Crippen LogP contribution in [0, 0.1) is 5.92 Å². The maximum atomic E-state index is 12.0. The summed E-state index contributed by atoms with van der Waals surface area (Å²) in [6.07, 6.45) is 21.1. The van der Waals surface area contributed by atoms with Gasteiger partial charge >= 0.3 is 0 Å². The summed E-state index contributed by atoms with van der Waals surface area (Å²) < 4.78 is 0. The molecule has 4 nitrogen and oxygen atoms in total. The molecule has 0 aliphatic rings. The quantitative estimate of drug-likeness (QED) is 0.238. The highest BCUT2D eigenvalue weighted by atomic mass is 16.2. The average molecular weight is 397 g/mol. The van der Waals surface area contributed by atoms with Gasteiger partial charge < -0.3 is 11.1 Å². The Balaban J connectivity index is 3.43. The fraction of sp³-hybridized carbons (Fsp3) is 0.917. The van der Waals surface area contributed by atoms with Crippen LogP contribution in [0.25, 0.3) is 0 Å². The van der Waals surface area contributed by atoms with Gasteiger partial charge in [0.1, 0.15) is 6.04 Å². The molecule has 0 saturated heterocycles. The number of carbonyl (C=O) groups is 2. The van der Waals surface area contributed by atoms with Crippen molar-refractivity contribution in [2.45, 2.75) is 136 Å². The molecule has 0 fully saturated rings. The molecule has 0 heterocycles. The van der Waals surface area contributed by atoms with Crippen molar-refractivity contribution in [1.82, 2.24) is 5.32 Å². The van der Waals surface area contributed by atoms with Crippen molar-refractivity contribution in [3.8, 4) is 0 Å². The first-order chi connectivity index (χ1) is 13.5. The van der Waals surface area contributed by atoms with Gasteiger partial charge in [-0.2, -0.15) is 0 Å². The van der Waals surface area contributed by atoms with Crippen molar-refractivity contribution in [2.75, 3.05) is 0 Å². The Labute approximate surface area is 174 Å². The average Bonchev–Trinajstić information content (AvgIpc) is 2.68. The zero-order valence-corrected chi connectivity index (χ0v) is 19.1. The Bertz CT molecular complexity index is 385. The Hall–Kier alpha value is -1.06. The predicted molar refractivity (Wildman–Crippen MR) is 120 cm³/mol. The fourth-order valence-electron chi connectivity index (χ4n) is 3.63. The number of rotatable bonds is 20. The summed E-state index contributed by atoms with van der Waals surface area (Å²) in [6.45, 7) is 6.22. The van der Waals surface area contributed by atoms with E-state index >= 15 is 0 Å². The van der Waals surface area contributed by atoms with Crippen molar-refractivity contribution < 1.29 is 9.59 Å². The molecule has 0 spiro atoms. The molecule has 4 heteroatoms. The second-order valence-corrected chi connectivity index (χ2v) is 8.53. The first-order valence-electron chi connectivity index (χ1n) is 12.1. The molecule has 2 amide bonds. The van der Waals surface area contributed by atoms with Crippen LogP contribution < -0.4 is 11.1 Å². The minimum absolute atomic E-state index is 0.0428. The van der Waals surface area contributed by atoms with Gasteiger partial charge in [-0.1, -0.05) is 117 Å². The number of hydrogen-bond acceptors (Lipinski definition) is 2. The number of primary amides is 1. The fourth-order valence-corrected chi connectivity index (χ4v) is 3.63. The topological polar surface area (TPSA) is 72.2 Å². The van der Waals surface area contributed by atoms with Crippen LogP contribution in [0.3, 0.4) is 0 Å². The summed E-state index contributed by atoms with van der Waals surface area (Å²) in [5.74, 6) is -0.388. The summed E-state index contributed by atoms with van der Waals surface area (Å²) in [4.78, 5) is 23.4. The number of carbonyl (C=O) groups excluding carboxylic acids is 2. The third kappa shape index (κ3) is 15.9. The molecule has 28 heavy (non-hydrogen) atoms. The van der Waals surface area contributed by atoms with Crippen molar-refractivity contribution in [3.63, 3.8) is 0 Å². The van der Waals surface area contributed by atoms with Crippen LogP contribution in [0.15, 0.2) is 0 Å². The summed E-state index contributed by atoms with van der Waals surface area (Å²) >= 11 is 0. The lowest BCUT2D eigenvalue weighted by atomic mass is 9.98. The van der Waals surface area contributed by atoms with Crippen molar-refractivity contribution >= 4 is 11.8 Å². The summed E-state index contributed by atoms with van der Waals surface area (Å²) in [5.41, 5.74) is 5.39. The van der Waals surface area contributed by atoms with Crippen LogP contribution >= 0.6 is 0 Å². The molecule has 0 aromatic carbocycles. The number of amides is 2. The lowest BCUT2D eigenvalue weighted by Gasteiger charge is -2.21. The van der Waals surface area contributed by atoms with E-state index in [2.05, 4.69) is 12.2 Å². The second kappa shape index (κ2) is 19.3. The molecule has 0 saturated carbocycles. The van der Waals surface area contributed by atoms with Gasteiger partial charge in [0.15, 0.2) is 0 Å². The molecule has 0 radical (unpaired) electrons. The third-order valence-corrected chi connectivity index (χ3v) is 5.84. The maximum Gasteiger partial charge on any atom is 0.240 e. The van der Waals surface area contributed by atoms with Gasteiger partial charge in [-0.05, 0) is 12.3 Å². The number of nitrogens with two attached hydrogens (primary N) is 1. The van der Waals surface area contributed by atoms with Crippen molar-refractivity contribution in [2.24, 2.45) is 11.7 Å². The lowest BCUT2D eigenvalue weighted by Crippen LogP contribution is -2.48. The van der Waals surface area contributed by atoms with Gasteiger partial charge in [0, 0.05) is 6.42 Å². The molecule has 166 valence electrons. The van der Waals surface area contributed by atoms with Crippen LogP contribution in [0.1, 0.15) is 130 Å². The summed E-state index contributed by atoms with van der Waals surface area (Å²) in [5, 5.41) is 2.80. The molecule has 0 rings (SSSR count). The molecule has 0 aromatic rings. The van der Waals surface area contributed by atoms with Gasteiger partial charge in [0.25, 0.3) is 0 Å². The zero-order valence-electron chi connectivity index (χ0n) is 19.1. The Morgan fingerprint density at radius 3 is 1.46 bits per heavy atom. The van der Waals surface area contributed by atoms with E-state index in [0.717, 1.165) is 19.3 Å². The molecule has 3 N–H and O–H groups in total. The maximum absolute atomic E-state index is 12.0. The van der Waals surface area contributed by atoms with Crippen LogP contribution in [-0.4, -0.2) is 17.9 Å². The normalized spacial score (nSPS) is 13.2. The van der Waals surface area contributed by atoms with Crippen LogP contribution in [-0.2, 0) is 9.59 Å². The number of hydrogen-bond donors (Lipinski definition) is 2.